The van der Waals surface area contributed by atoms with Crippen LogP contribution in [-0.2, 0) is 4.79 Å². The minimum atomic E-state index is 0.152. The lowest BCUT2D eigenvalue weighted by Gasteiger charge is -2.21. The molecule has 1 fully saturated rings. The van der Waals surface area contributed by atoms with Gasteiger partial charge in [0.2, 0.25) is 5.91 Å². The quantitative estimate of drug-likeness (QED) is 0.771. The summed E-state index contributed by atoms with van der Waals surface area (Å²) in [6, 6.07) is 0.796. The molecule has 0 aliphatic heterocycles. The fraction of sp³-hybridized carbons (Fsp3) is 0.923. The zero-order valence-corrected chi connectivity index (χ0v) is 10.7. The number of nitrogens with one attached hydrogen (secondary N) is 2. The van der Waals surface area contributed by atoms with E-state index in [9.17, 15) is 4.79 Å². The molecule has 0 spiro atoms. The lowest BCUT2D eigenvalue weighted by molar-refractivity contribution is -0.121. The van der Waals surface area contributed by atoms with Crippen LogP contribution in [-0.4, -0.2) is 24.5 Å². The Morgan fingerprint density at radius 3 is 2.25 bits per heavy atom. The fourth-order valence-corrected chi connectivity index (χ4v) is 2.18. The Bertz CT molecular complexity index is 196. The zero-order valence-electron chi connectivity index (χ0n) is 10.7. The highest BCUT2D eigenvalue weighted by atomic mass is 16.1. The molecule has 16 heavy (non-hydrogen) atoms. The van der Waals surface area contributed by atoms with Crippen LogP contribution in [0.2, 0.25) is 0 Å². The molecule has 1 aliphatic carbocycles. The number of carbonyl (C=O) groups excluding carboxylic acids is 1. The predicted octanol–water partition coefficient (Wildman–Crippen LogP) is 2.21. The van der Waals surface area contributed by atoms with E-state index in [-0.39, 0.29) is 5.91 Å². The summed E-state index contributed by atoms with van der Waals surface area (Å²) in [5.41, 5.74) is 0. The number of hydrogen-bond donors (Lipinski definition) is 2. The van der Waals surface area contributed by atoms with Crippen LogP contribution in [0, 0.1) is 0 Å². The molecule has 0 aromatic carbocycles. The van der Waals surface area contributed by atoms with Crippen LogP contribution in [0.15, 0.2) is 0 Å². The van der Waals surface area contributed by atoms with Crippen molar-refractivity contribution in [3.8, 4) is 0 Å². The summed E-state index contributed by atoms with van der Waals surface area (Å²) in [6.45, 7) is 4.57. The van der Waals surface area contributed by atoms with E-state index < -0.39 is 0 Å². The summed E-state index contributed by atoms with van der Waals surface area (Å²) in [4.78, 5) is 11.6. The SMILES string of the molecule is CC(C)NCC(=O)NC1CCCCCCC1. The van der Waals surface area contributed by atoms with Gasteiger partial charge in [0.25, 0.3) is 0 Å². The van der Waals surface area contributed by atoms with Gasteiger partial charge in [-0.3, -0.25) is 4.79 Å². The lowest BCUT2D eigenvalue weighted by Crippen LogP contribution is -2.42. The minimum absolute atomic E-state index is 0.152. The largest absolute Gasteiger partial charge is 0.352 e. The van der Waals surface area contributed by atoms with E-state index in [0.29, 0.717) is 18.6 Å². The Kier molecular flexibility index (Phi) is 6.46. The van der Waals surface area contributed by atoms with Crippen molar-refractivity contribution in [2.24, 2.45) is 0 Å². The van der Waals surface area contributed by atoms with Gasteiger partial charge in [-0.05, 0) is 12.8 Å². The van der Waals surface area contributed by atoms with E-state index in [2.05, 4.69) is 24.5 Å². The van der Waals surface area contributed by atoms with E-state index in [1.165, 1.54) is 32.1 Å². The Labute approximate surface area is 99.4 Å². The van der Waals surface area contributed by atoms with Gasteiger partial charge in [0.1, 0.15) is 0 Å². The normalized spacial score (nSPS) is 19.2. The highest BCUT2D eigenvalue weighted by Crippen LogP contribution is 2.16. The first kappa shape index (κ1) is 13.5. The number of rotatable bonds is 4. The summed E-state index contributed by atoms with van der Waals surface area (Å²) >= 11 is 0. The average molecular weight is 226 g/mol. The topological polar surface area (TPSA) is 41.1 Å². The van der Waals surface area contributed by atoms with Gasteiger partial charge in [-0.2, -0.15) is 0 Å². The minimum Gasteiger partial charge on any atom is -0.352 e. The Hall–Kier alpha value is -0.570. The van der Waals surface area contributed by atoms with Gasteiger partial charge < -0.3 is 10.6 Å². The summed E-state index contributed by atoms with van der Waals surface area (Å²) in [5, 5.41) is 6.29. The molecule has 0 heterocycles. The van der Waals surface area contributed by atoms with Gasteiger partial charge in [0.15, 0.2) is 0 Å². The van der Waals surface area contributed by atoms with Crippen LogP contribution < -0.4 is 10.6 Å². The number of hydrogen-bond acceptors (Lipinski definition) is 2. The van der Waals surface area contributed by atoms with Crippen molar-refractivity contribution in [2.75, 3.05) is 6.54 Å². The highest BCUT2D eigenvalue weighted by Gasteiger charge is 2.13. The van der Waals surface area contributed by atoms with Gasteiger partial charge >= 0.3 is 0 Å². The van der Waals surface area contributed by atoms with Crippen LogP contribution in [0.3, 0.4) is 0 Å². The second kappa shape index (κ2) is 7.66. The standard InChI is InChI=1S/C13H26N2O/c1-11(2)14-10-13(16)15-12-8-6-4-3-5-7-9-12/h11-12,14H,3-10H2,1-2H3,(H,15,16). The fourth-order valence-electron chi connectivity index (χ4n) is 2.18. The van der Waals surface area contributed by atoms with E-state index in [0.717, 1.165) is 12.8 Å². The molecule has 94 valence electrons. The molecule has 0 aromatic rings. The van der Waals surface area contributed by atoms with E-state index in [4.69, 9.17) is 0 Å². The van der Waals surface area contributed by atoms with Crippen molar-refractivity contribution in [2.45, 2.75) is 70.9 Å². The first-order valence-corrected chi connectivity index (χ1v) is 6.71. The molecule has 2 N–H and O–H groups in total. The monoisotopic (exact) mass is 226 g/mol. The van der Waals surface area contributed by atoms with Crippen LogP contribution in [0.25, 0.3) is 0 Å². The van der Waals surface area contributed by atoms with Gasteiger partial charge in [-0.15, -0.1) is 0 Å². The Balaban J connectivity index is 2.19. The van der Waals surface area contributed by atoms with Crippen LogP contribution in [0.5, 0.6) is 0 Å². The van der Waals surface area contributed by atoms with Crippen LogP contribution in [0.1, 0.15) is 58.8 Å². The molecule has 0 bridgehead atoms. The van der Waals surface area contributed by atoms with Crippen molar-refractivity contribution >= 4 is 5.91 Å². The van der Waals surface area contributed by atoms with E-state index >= 15 is 0 Å². The van der Waals surface area contributed by atoms with Gasteiger partial charge in [0, 0.05) is 12.1 Å². The van der Waals surface area contributed by atoms with Crippen molar-refractivity contribution in [3.63, 3.8) is 0 Å². The molecule has 3 nitrogen and oxygen atoms in total. The lowest BCUT2D eigenvalue weighted by atomic mass is 9.97. The van der Waals surface area contributed by atoms with E-state index in [1.54, 1.807) is 0 Å². The highest BCUT2D eigenvalue weighted by molar-refractivity contribution is 5.78. The molecule has 1 saturated carbocycles. The van der Waals surface area contributed by atoms with Crippen molar-refractivity contribution in [1.29, 1.82) is 0 Å². The molecule has 1 amide bonds. The Morgan fingerprint density at radius 1 is 1.12 bits per heavy atom. The van der Waals surface area contributed by atoms with Crippen molar-refractivity contribution < 1.29 is 4.79 Å². The van der Waals surface area contributed by atoms with Gasteiger partial charge in [-0.1, -0.05) is 46.0 Å². The predicted molar refractivity (Wildman–Crippen MR) is 67.4 cm³/mol. The van der Waals surface area contributed by atoms with Crippen molar-refractivity contribution in [3.05, 3.63) is 0 Å². The first-order valence-electron chi connectivity index (χ1n) is 6.71. The molecule has 0 radical (unpaired) electrons. The Morgan fingerprint density at radius 2 is 1.69 bits per heavy atom. The smallest absolute Gasteiger partial charge is 0.234 e. The summed E-state index contributed by atoms with van der Waals surface area (Å²) in [7, 11) is 0. The van der Waals surface area contributed by atoms with Gasteiger partial charge in [-0.25, -0.2) is 0 Å². The average Bonchev–Trinajstić information content (AvgIpc) is 2.19. The second-order valence-electron chi connectivity index (χ2n) is 5.15. The maximum atomic E-state index is 11.6. The number of amides is 1. The third kappa shape index (κ3) is 6.11. The summed E-state index contributed by atoms with van der Waals surface area (Å²) < 4.78 is 0. The molecule has 1 aliphatic rings. The summed E-state index contributed by atoms with van der Waals surface area (Å²) in [5.74, 6) is 0.152. The first-order chi connectivity index (χ1) is 7.68. The zero-order chi connectivity index (χ0) is 11.8. The molecule has 0 unspecified atom stereocenters. The van der Waals surface area contributed by atoms with Crippen molar-refractivity contribution in [1.82, 2.24) is 10.6 Å². The molecule has 1 rings (SSSR count). The van der Waals surface area contributed by atoms with E-state index in [1.807, 2.05) is 0 Å². The molecule has 0 atom stereocenters. The maximum Gasteiger partial charge on any atom is 0.234 e. The van der Waals surface area contributed by atoms with Crippen LogP contribution in [0.4, 0.5) is 0 Å². The van der Waals surface area contributed by atoms with Crippen LogP contribution >= 0.6 is 0 Å². The molecular weight excluding hydrogens is 200 g/mol. The maximum absolute atomic E-state index is 11.6. The third-order valence-corrected chi connectivity index (χ3v) is 3.14. The molecule has 0 saturated heterocycles. The summed E-state index contributed by atoms with van der Waals surface area (Å²) in [6.07, 6.45) is 8.88. The molecular formula is C13H26N2O. The molecule has 0 aromatic heterocycles. The van der Waals surface area contributed by atoms with Gasteiger partial charge in [0.05, 0.1) is 6.54 Å². The second-order valence-corrected chi connectivity index (χ2v) is 5.15. The molecule has 3 heteroatoms. The number of carbonyl (C=O) groups is 1. The third-order valence-electron chi connectivity index (χ3n) is 3.14.